The molecule has 15 heavy (non-hydrogen) atoms. The lowest BCUT2D eigenvalue weighted by Crippen LogP contribution is -2.03. The van der Waals surface area contributed by atoms with Gasteiger partial charge in [-0.2, -0.15) is 4.98 Å². The van der Waals surface area contributed by atoms with Crippen molar-refractivity contribution in [1.29, 1.82) is 0 Å². The summed E-state index contributed by atoms with van der Waals surface area (Å²) in [6, 6.07) is 5.58. The van der Waals surface area contributed by atoms with E-state index in [0.717, 1.165) is 15.6 Å². The first kappa shape index (κ1) is 8.88. The van der Waals surface area contributed by atoms with Crippen LogP contribution in [0.2, 0.25) is 5.02 Å². The number of rotatable bonds is 0. The van der Waals surface area contributed by atoms with Crippen molar-refractivity contribution in [2.75, 3.05) is 0 Å². The lowest BCUT2D eigenvalue weighted by Gasteiger charge is -1.91. The molecule has 0 aliphatic rings. The molecule has 0 bridgehead atoms. The second-order valence-electron chi connectivity index (χ2n) is 3.15. The summed E-state index contributed by atoms with van der Waals surface area (Å²) in [4.78, 5) is 18.2. The predicted molar refractivity (Wildman–Crippen MR) is 62.8 cm³/mol. The van der Waals surface area contributed by atoms with Gasteiger partial charge in [0.05, 0.1) is 11.8 Å². The number of fused-ring (bicyclic) bond motifs is 3. The Balaban J connectivity index is 2.64. The monoisotopic (exact) mass is 236 g/mol. The van der Waals surface area contributed by atoms with Gasteiger partial charge in [0.15, 0.2) is 0 Å². The van der Waals surface area contributed by atoms with E-state index in [9.17, 15) is 4.79 Å². The van der Waals surface area contributed by atoms with Crippen LogP contribution in [0.25, 0.3) is 20.3 Å². The molecule has 0 aliphatic carbocycles. The van der Waals surface area contributed by atoms with Crippen molar-refractivity contribution >= 4 is 43.2 Å². The summed E-state index contributed by atoms with van der Waals surface area (Å²) in [5, 5.41) is 1.64. The number of hydrogen-bond acceptors (Lipinski definition) is 3. The first-order valence-electron chi connectivity index (χ1n) is 4.31. The van der Waals surface area contributed by atoms with E-state index in [0.29, 0.717) is 9.72 Å². The summed E-state index contributed by atoms with van der Waals surface area (Å²) in [7, 11) is 0. The summed E-state index contributed by atoms with van der Waals surface area (Å²) in [5.41, 5.74) is 0.624. The molecule has 1 N–H and O–H groups in total. The van der Waals surface area contributed by atoms with Gasteiger partial charge in [0.1, 0.15) is 4.70 Å². The fourth-order valence-corrected chi connectivity index (χ4v) is 2.79. The van der Waals surface area contributed by atoms with E-state index < -0.39 is 0 Å². The van der Waals surface area contributed by atoms with Crippen molar-refractivity contribution in [3.8, 4) is 0 Å². The number of nitrogens with one attached hydrogen (secondary N) is 1. The van der Waals surface area contributed by atoms with Crippen LogP contribution in [0, 0.1) is 0 Å². The topological polar surface area (TPSA) is 45.8 Å². The average Bonchev–Trinajstić information content (AvgIpc) is 2.58. The fraction of sp³-hybridized carbons (Fsp3) is 0. The van der Waals surface area contributed by atoms with Crippen molar-refractivity contribution in [1.82, 2.24) is 9.97 Å². The maximum absolute atomic E-state index is 11.5. The largest absolute Gasteiger partial charge is 0.344 e. The lowest BCUT2D eigenvalue weighted by atomic mass is 10.2. The zero-order chi connectivity index (χ0) is 10.4. The number of thiophene rings is 1. The number of hydrogen-bond donors (Lipinski definition) is 1. The molecule has 0 saturated heterocycles. The molecule has 0 atom stereocenters. The second-order valence-corrected chi connectivity index (χ2v) is 4.64. The van der Waals surface area contributed by atoms with E-state index in [1.165, 1.54) is 17.7 Å². The zero-order valence-corrected chi connectivity index (χ0v) is 9.02. The van der Waals surface area contributed by atoms with Gasteiger partial charge >= 0.3 is 0 Å². The Kier molecular flexibility index (Phi) is 1.81. The van der Waals surface area contributed by atoms with Crippen LogP contribution in [-0.4, -0.2) is 9.97 Å². The Labute approximate surface area is 93.3 Å². The minimum atomic E-state index is -0.193. The van der Waals surface area contributed by atoms with Crippen molar-refractivity contribution in [2.24, 2.45) is 0 Å². The average molecular weight is 237 g/mol. The van der Waals surface area contributed by atoms with E-state index in [1.54, 1.807) is 0 Å². The maximum Gasteiger partial charge on any atom is 0.290 e. The van der Waals surface area contributed by atoms with Crippen molar-refractivity contribution < 1.29 is 0 Å². The maximum atomic E-state index is 11.5. The molecule has 2 heterocycles. The van der Waals surface area contributed by atoms with Gasteiger partial charge < -0.3 is 4.98 Å². The van der Waals surface area contributed by atoms with E-state index >= 15 is 0 Å². The zero-order valence-electron chi connectivity index (χ0n) is 7.45. The molecule has 0 radical (unpaired) electrons. The fourth-order valence-electron chi connectivity index (χ4n) is 1.58. The highest BCUT2D eigenvalue weighted by Gasteiger charge is 2.08. The Hall–Kier alpha value is -1.39. The molecule has 0 saturated carbocycles. The molecule has 3 nitrogen and oxygen atoms in total. The molecule has 0 spiro atoms. The van der Waals surface area contributed by atoms with Crippen LogP contribution in [0.3, 0.4) is 0 Å². The van der Waals surface area contributed by atoms with Gasteiger partial charge in [-0.15, -0.1) is 11.3 Å². The number of aromatic nitrogens is 2. The van der Waals surface area contributed by atoms with Crippen molar-refractivity contribution in [3.63, 3.8) is 0 Å². The number of halogens is 1. The van der Waals surface area contributed by atoms with E-state index in [4.69, 9.17) is 11.6 Å². The number of benzene rings is 1. The summed E-state index contributed by atoms with van der Waals surface area (Å²) >= 11 is 7.34. The molecule has 5 heteroatoms. The first-order chi connectivity index (χ1) is 7.25. The van der Waals surface area contributed by atoms with Crippen LogP contribution in [0.1, 0.15) is 0 Å². The highest BCUT2D eigenvalue weighted by molar-refractivity contribution is 7.25. The number of H-pyrrole nitrogens is 1. The summed E-state index contributed by atoms with van der Waals surface area (Å²) in [5.74, 6) is 0. The van der Waals surface area contributed by atoms with E-state index in [-0.39, 0.29) is 5.56 Å². The Morgan fingerprint density at radius 2 is 2.27 bits per heavy atom. The van der Waals surface area contributed by atoms with Crippen LogP contribution < -0.4 is 5.56 Å². The molecule has 74 valence electrons. The van der Waals surface area contributed by atoms with Gasteiger partial charge in [-0.05, 0) is 18.2 Å². The Morgan fingerprint density at radius 3 is 3.13 bits per heavy atom. The molecule has 3 aromatic rings. The Morgan fingerprint density at radius 1 is 1.40 bits per heavy atom. The number of aromatic amines is 1. The third kappa shape index (κ3) is 1.26. The van der Waals surface area contributed by atoms with Gasteiger partial charge in [0.2, 0.25) is 0 Å². The predicted octanol–water partition coefficient (Wildman–Crippen LogP) is 2.79. The number of nitrogens with zero attached hydrogens (tertiary/aromatic N) is 1. The highest BCUT2D eigenvalue weighted by Crippen LogP contribution is 2.31. The first-order valence-corrected chi connectivity index (χ1v) is 5.50. The van der Waals surface area contributed by atoms with E-state index in [1.807, 2.05) is 18.2 Å². The molecule has 0 aliphatic heterocycles. The minimum Gasteiger partial charge on any atom is -0.344 e. The van der Waals surface area contributed by atoms with Crippen LogP contribution >= 0.6 is 22.9 Å². The molecular formula is C10H5ClN2OS. The van der Waals surface area contributed by atoms with Crippen molar-refractivity contribution in [3.05, 3.63) is 39.9 Å². The van der Waals surface area contributed by atoms with Gasteiger partial charge in [0.25, 0.3) is 5.56 Å². The van der Waals surface area contributed by atoms with Gasteiger partial charge in [0, 0.05) is 15.1 Å². The van der Waals surface area contributed by atoms with E-state index in [2.05, 4.69) is 9.97 Å². The Bertz CT molecular complexity index is 716. The third-order valence-electron chi connectivity index (χ3n) is 2.23. The third-order valence-corrected chi connectivity index (χ3v) is 3.63. The van der Waals surface area contributed by atoms with Gasteiger partial charge in [-0.1, -0.05) is 11.6 Å². The lowest BCUT2D eigenvalue weighted by molar-refractivity contribution is 1.18. The SMILES string of the molecule is O=c1nc[nH]c2c1sc1ccc(Cl)cc12. The minimum absolute atomic E-state index is 0.193. The van der Waals surface area contributed by atoms with Crippen LogP contribution in [0.4, 0.5) is 0 Å². The second kappa shape index (κ2) is 3.05. The quantitative estimate of drug-likeness (QED) is 0.652. The highest BCUT2D eigenvalue weighted by atomic mass is 35.5. The van der Waals surface area contributed by atoms with Crippen LogP contribution in [0.5, 0.6) is 0 Å². The molecule has 0 unspecified atom stereocenters. The molecule has 0 fully saturated rings. The van der Waals surface area contributed by atoms with Crippen LogP contribution in [-0.2, 0) is 0 Å². The molecule has 2 aromatic heterocycles. The smallest absolute Gasteiger partial charge is 0.290 e. The summed E-state index contributed by atoms with van der Waals surface area (Å²) in [6.45, 7) is 0. The molecule has 1 aromatic carbocycles. The molecule has 3 rings (SSSR count). The van der Waals surface area contributed by atoms with Gasteiger partial charge in [-0.3, -0.25) is 4.79 Å². The van der Waals surface area contributed by atoms with Gasteiger partial charge in [-0.25, -0.2) is 0 Å². The normalized spacial score (nSPS) is 11.3. The molecule has 0 amide bonds. The molecular weight excluding hydrogens is 232 g/mol. The summed E-state index contributed by atoms with van der Waals surface area (Å²) < 4.78 is 1.69. The van der Waals surface area contributed by atoms with Crippen LogP contribution in [0.15, 0.2) is 29.3 Å². The van der Waals surface area contributed by atoms with Crippen molar-refractivity contribution in [2.45, 2.75) is 0 Å². The summed E-state index contributed by atoms with van der Waals surface area (Å²) in [6.07, 6.45) is 1.41. The standard InChI is InChI=1S/C10H5ClN2OS/c11-5-1-2-7-6(3-5)8-9(15-7)10(14)13-4-12-8/h1-4H,(H,12,13,14).